The van der Waals surface area contributed by atoms with E-state index >= 15 is 0 Å². The Labute approximate surface area is 111 Å². The second-order valence-corrected chi connectivity index (χ2v) is 5.06. The van der Waals surface area contributed by atoms with Crippen LogP contribution in [0.2, 0.25) is 0 Å². The van der Waals surface area contributed by atoms with Crippen LogP contribution in [0.4, 0.5) is 0 Å². The molecule has 0 bridgehead atoms. The van der Waals surface area contributed by atoms with Crippen LogP contribution in [0.25, 0.3) is 0 Å². The van der Waals surface area contributed by atoms with Crippen LogP contribution in [0.5, 0.6) is 0 Å². The molecule has 1 aliphatic rings. The van der Waals surface area contributed by atoms with Gasteiger partial charge in [-0.15, -0.1) is 0 Å². The molecule has 0 atom stereocenters. The van der Waals surface area contributed by atoms with Gasteiger partial charge in [-0.05, 0) is 25.0 Å². The Morgan fingerprint density at radius 2 is 2.06 bits per heavy atom. The fraction of sp³-hybridized carbons (Fsp3) is 0.786. The normalized spacial score (nSPS) is 17.6. The lowest BCUT2D eigenvalue weighted by molar-refractivity contribution is -0.128. The number of rotatable bonds is 6. The van der Waals surface area contributed by atoms with E-state index in [1.165, 1.54) is 5.57 Å². The lowest BCUT2D eigenvalue weighted by Crippen LogP contribution is -2.35. The SMILES string of the molecule is C=C(CNCCC)CN1CCCN(C(C)=O)CC1. The second-order valence-electron chi connectivity index (χ2n) is 5.06. The molecule has 1 aliphatic heterocycles. The molecule has 4 heteroatoms. The summed E-state index contributed by atoms with van der Waals surface area (Å²) in [4.78, 5) is 15.7. The van der Waals surface area contributed by atoms with E-state index in [1.807, 2.05) is 4.90 Å². The zero-order valence-electron chi connectivity index (χ0n) is 11.9. The number of carbonyl (C=O) groups is 1. The predicted molar refractivity (Wildman–Crippen MR) is 75.6 cm³/mol. The third-order valence-corrected chi connectivity index (χ3v) is 3.28. The van der Waals surface area contributed by atoms with Gasteiger partial charge in [0.05, 0.1) is 0 Å². The van der Waals surface area contributed by atoms with Gasteiger partial charge in [-0.1, -0.05) is 13.5 Å². The lowest BCUT2D eigenvalue weighted by atomic mass is 10.2. The molecule has 0 aromatic heterocycles. The van der Waals surface area contributed by atoms with Gasteiger partial charge in [0.1, 0.15) is 0 Å². The molecule has 0 aliphatic carbocycles. The van der Waals surface area contributed by atoms with Crippen molar-refractivity contribution in [3.8, 4) is 0 Å². The molecule has 0 unspecified atom stereocenters. The van der Waals surface area contributed by atoms with Gasteiger partial charge in [0, 0.05) is 46.2 Å². The van der Waals surface area contributed by atoms with Crippen molar-refractivity contribution >= 4 is 5.91 Å². The van der Waals surface area contributed by atoms with E-state index in [9.17, 15) is 4.79 Å². The molecule has 18 heavy (non-hydrogen) atoms. The topological polar surface area (TPSA) is 35.6 Å². The monoisotopic (exact) mass is 253 g/mol. The van der Waals surface area contributed by atoms with Crippen LogP contribution in [0.1, 0.15) is 26.7 Å². The summed E-state index contributed by atoms with van der Waals surface area (Å²) in [7, 11) is 0. The number of hydrogen-bond acceptors (Lipinski definition) is 3. The van der Waals surface area contributed by atoms with Crippen LogP contribution in [0.15, 0.2) is 12.2 Å². The highest BCUT2D eigenvalue weighted by molar-refractivity contribution is 5.73. The van der Waals surface area contributed by atoms with E-state index in [1.54, 1.807) is 6.92 Å². The molecule has 1 rings (SSSR count). The van der Waals surface area contributed by atoms with Crippen molar-refractivity contribution in [2.45, 2.75) is 26.7 Å². The largest absolute Gasteiger partial charge is 0.342 e. The van der Waals surface area contributed by atoms with Gasteiger partial charge in [0.2, 0.25) is 5.91 Å². The standard InChI is InChI=1S/C14H27N3O/c1-4-6-15-11-13(2)12-16-7-5-8-17(10-9-16)14(3)18/h15H,2,4-12H2,1,3H3. The minimum absolute atomic E-state index is 0.195. The van der Waals surface area contributed by atoms with Crippen LogP contribution in [-0.2, 0) is 4.79 Å². The van der Waals surface area contributed by atoms with Crippen molar-refractivity contribution in [3.63, 3.8) is 0 Å². The van der Waals surface area contributed by atoms with E-state index in [0.717, 1.165) is 58.7 Å². The summed E-state index contributed by atoms with van der Waals surface area (Å²) in [6.45, 7) is 14.6. The Hall–Kier alpha value is -0.870. The minimum Gasteiger partial charge on any atom is -0.342 e. The molecule has 1 saturated heterocycles. The molecule has 0 spiro atoms. The van der Waals surface area contributed by atoms with E-state index in [2.05, 4.69) is 23.7 Å². The zero-order valence-corrected chi connectivity index (χ0v) is 11.9. The second kappa shape index (κ2) is 8.27. The zero-order chi connectivity index (χ0) is 13.4. The van der Waals surface area contributed by atoms with E-state index < -0.39 is 0 Å². The Morgan fingerprint density at radius 3 is 2.72 bits per heavy atom. The highest BCUT2D eigenvalue weighted by atomic mass is 16.2. The fourth-order valence-corrected chi connectivity index (χ4v) is 2.26. The van der Waals surface area contributed by atoms with Crippen LogP contribution < -0.4 is 5.32 Å². The number of hydrogen-bond donors (Lipinski definition) is 1. The summed E-state index contributed by atoms with van der Waals surface area (Å²) in [5, 5.41) is 3.38. The summed E-state index contributed by atoms with van der Waals surface area (Å²) in [6.07, 6.45) is 2.22. The third kappa shape index (κ3) is 5.65. The fourth-order valence-electron chi connectivity index (χ4n) is 2.26. The molecule has 1 heterocycles. The number of amides is 1. The van der Waals surface area contributed by atoms with Crippen molar-refractivity contribution in [2.24, 2.45) is 0 Å². The molecule has 0 radical (unpaired) electrons. The number of carbonyl (C=O) groups excluding carboxylic acids is 1. The molecule has 1 N–H and O–H groups in total. The Kier molecular flexibility index (Phi) is 6.98. The Balaban J connectivity index is 2.26. The first-order valence-corrected chi connectivity index (χ1v) is 6.98. The van der Waals surface area contributed by atoms with Crippen LogP contribution in [0, 0.1) is 0 Å². The first-order chi connectivity index (χ1) is 8.63. The van der Waals surface area contributed by atoms with Gasteiger partial charge >= 0.3 is 0 Å². The summed E-state index contributed by atoms with van der Waals surface area (Å²) >= 11 is 0. The quantitative estimate of drug-likeness (QED) is 0.569. The van der Waals surface area contributed by atoms with Gasteiger partial charge in [0.15, 0.2) is 0 Å². The van der Waals surface area contributed by atoms with Crippen molar-refractivity contribution in [1.29, 1.82) is 0 Å². The van der Waals surface area contributed by atoms with Gasteiger partial charge in [0.25, 0.3) is 0 Å². The Morgan fingerprint density at radius 1 is 1.28 bits per heavy atom. The maximum Gasteiger partial charge on any atom is 0.219 e. The van der Waals surface area contributed by atoms with E-state index in [4.69, 9.17) is 0 Å². The van der Waals surface area contributed by atoms with Crippen molar-refractivity contribution in [2.75, 3.05) is 45.8 Å². The highest BCUT2D eigenvalue weighted by Crippen LogP contribution is 2.05. The Bertz CT molecular complexity index is 278. The smallest absolute Gasteiger partial charge is 0.219 e. The summed E-state index contributed by atoms with van der Waals surface area (Å²) in [6, 6.07) is 0. The van der Waals surface area contributed by atoms with E-state index in [0.29, 0.717) is 0 Å². The summed E-state index contributed by atoms with van der Waals surface area (Å²) in [5.41, 5.74) is 1.24. The molecular formula is C14H27N3O. The number of nitrogens with zero attached hydrogens (tertiary/aromatic N) is 2. The van der Waals surface area contributed by atoms with Crippen molar-refractivity contribution in [3.05, 3.63) is 12.2 Å². The highest BCUT2D eigenvalue weighted by Gasteiger charge is 2.16. The molecule has 4 nitrogen and oxygen atoms in total. The molecule has 104 valence electrons. The molecule has 0 saturated carbocycles. The molecule has 0 aromatic rings. The van der Waals surface area contributed by atoms with Crippen LogP contribution in [0.3, 0.4) is 0 Å². The van der Waals surface area contributed by atoms with Crippen molar-refractivity contribution < 1.29 is 4.79 Å². The average Bonchev–Trinajstić information content (AvgIpc) is 2.55. The predicted octanol–water partition coefficient (Wildman–Crippen LogP) is 1.10. The molecular weight excluding hydrogens is 226 g/mol. The van der Waals surface area contributed by atoms with E-state index in [-0.39, 0.29) is 5.91 Å². The van der Waals surface area contributed by atoms with Gasteiger partial charge < -0.3 is 10.2 Å². The number of nitrogens with one attached hydrogen (secondary N) is 1. The first-order valence-electron chi connectivity index (χ1n) is 6.98. The summed E-state index contributed by atoms with van der Waals surface area (Å²) in [5.74, 6) is 0.195. The average molecular weight is 253 g/mol. The lowest BCUT2D eigenvalue weighted by Gasteiger charge is -2.22. The molecule has 1 fully saturated rings. The van der Waals surface area contributed by atoms with Gasteiger partial charge in [-0.25, -0.2) is 0 Å². The minimum atomic E-state index is 0.195. The van der Waals surface area contributed by atoms with Gasteiger partial charge in [-0.2, -0.15) is 0 Å². The first kappa shape index (κ1) is 15.2. The third-order valence-electron chi connectivity index (χ3n) is 3.28. The van der Waals surface area contributed by atoms with Crippen LogP contribution >= 0.6 is 0 Å². The van der Waals surface area contributed by atoms with Crippen molar-refractivity contribution in [1.82, 2.24) is 15.1 Å². The van der Waals surface area contributed by atoms with Crippen LogP contribution in [-0.4, -0.2) is 61.5 Å². The van der Waals surface area contributed by atoms with Gasteiger partial charge in [-0.3, -0.25) is 9.69 Å². The summed E-state index contributed by atoms with van der Waals surface area (Å²) < 4.78 is 0. The molecule has 1 amide bonds. The maximum absolute atomic E-state index is 11.3. The molecule has 0 aromatic carbocycles. The maximum atomic E-state index is 11.3.